The van der Waals surface area contributed by atoms with Crippen LogP contribution in [0.3, 0.4) is 0 Å². The van der Waals surface area contributed by atoms with Crippen LogP contribution < -0.4 is 16.6 Å². The summed E-state index contributed by atoms with van der Waals surface area (Å²) in [6.07, 6.45) is 0. The lowest BCUT2D eigenvalue weighted by molar-refractivity contribution is 0.0930. The molecule has 3 aromatic carbocycles. The van der Waals surface area contributed by atoms with Crippen LogP contribution in [0.5, 0.6) is 0 Å². The van der Waals surface area contributed by atoms with E-state index in [1.807, 2.05) is 88.4 Å². The van der Waals surface area contributed by atoms with Gasteiger partial charge < -0.3 is 5.32 Å². The number of hydrogen-bond donors (Lipinski definition) is 1. The van der Waals surface area contributed by atoms with E-state index in [4.69, 9.17) is 0 Å². The number of benzene rings is 3. The number of nitrogens with zero attached hydrogens (tertiary/aromatic N) is 3. The van der Waals surface area contributed by atoms with E-state index >= 15 is 0 Å². The van der Waals surface area contributed by atoms with Crippen LogP contribution in [-0.4, -0.2) is 20.3 Å². The second-order valence-electron chi connectivity index (χ2n) is 8.88. The maximum absolute atomic E-state index is 13.5. The molecule has 178 valence electrons. The summed E-state index contributed by atoms with van der Waals surface area (Å²) in [5.74, 6) is -0.637. The highest BCUT2D eigenvalue weighted by atomic mass is 16.2. The topological polar surface area (TPSA) is 86.0 Å². The van der Waals surface area contributed by atoms with E-state index in [0.29, 0.717) is 5.69 Å². The summed E-state index contributed by atoms with van der Waals surface area (Å²) < 4.78 is 2.21. The van der Waals surface area contributed by atoms with Crippen LogP contribution in [0.2, 0.25) is 0 Å². The molecule has 0 radical (unpaired) electrons. The molecule has 0 aliphatic carbocycles. The zero-order valence-electron chi connectivity index (χ0n) is 20.3. The Hall–Kier alpha value is -4.26. The van der Waals surface area contributed by atoms with Crippen molar-refractivity contribution in [3.63, 3.8) is 0 Å². The zero-order chi connectivity index (χ0) is 25.1. The molecule has 0 aliphatic rings. The maximum Gasteiger partial charge on any atom is 0.352 e. The fraction of sp³-hybridized carbons (Fsp3) is 0.214. The van der Waals surface area contributed by atoms with Gasteiger partial charge in [0.05, 0.1) is 18.3 Å². The molecule has 0 bridgehead atoms. The minimum absolute atomic E-state index is 0.0290. The second-order valence-corrected chi connectivity index (χ2v) is 8.88. The van der Waals surface area contributed by atoms with Crippen molar-refractivity contribution >= 4 is 5.91 Å². The molecule has 4 rings (SSSR count). The molecule has 1 N–H and O–H groups in total. The number of rotatable bonds is 6. The van der Waals surface area contributed by atoms with Crippen LogP contribution in [0.25, 0.3) is 5.69 Å². The highest BCUT2D eigenvalue weighted by Crippen LogP contribution is 2.13. The van der Waals surface area contributed by atoms with Gasteiger partial charge in [0.2, 0.25) is 5.69 Å². The van der Waals surface area contributed by atoms with E-state index < -0.39 is 17.2 Å². The molecule has 1 unspecified atom stereocenters. The Morgan fingerprint density at radius 2 is 1.57 bits per heavy atom. The maximum atomic E-state index is 13.5. The normalized spacial score (nSPS) is 11.8. The van der Waals surface area contributed by atoms with Crippen LogP contribution in [-0.2, 0) is 6.54 Å². The number of nitrogens with one attached hydrogen (secondary N) is 1. The minimum atomic E-state index is -0.727. The van der Waals surface area contributed by atoms with Gasteiger partial charge in [-0.25, -0.2) is 4.79 Å². The third-order valence-electron chi connectivity index (χ3n) is 5.80. The first kappa shape index (κ1) is 23.9. The van der Waals surface area contributed by atoms with Gasteiger partial charge in [-0.15, -0.1) is 0 Å². The molecule has 1 heterocycles. The fourth-order valence-electron chi connectivity index (χ4n) is 4.12. The SMILES string of the molecule is Cc1cccc(Cn2c(=O)c(C(=O)NC(C)c3ccccc3)nn(-c3cc(C)cc(C)c3)c2=O)c1. The summed E-state index contributed by atoms with van der Waals surface area (Å²) in [7, 11) is 0. The Balaban J connectivity index is 1.84. The molecular weight excluding hydrogens is 440 g/mol. The third-order valence-corrected chi connectivity index (χ3v) is 5.80. The Morgan fingerprint density at radius 3 is 2.23 bits per heavy atom. The van der Waals surface area contributed by atoms with Crippen molar-refractivity contribution in [3.8, 4) is 5.69 Å². The predicted molar refractivity (Wildman–Crippen MR) is 136 cm³/mol. The number of aromatic nitrogens is 3. The number of aryl methyl sites for hydroxylation is 3. The summed E-state index contributed by atoms with van der Waals surface area (Å²) in [4.78, 5) is 40.1. The highest BCUT2D eigenvalue weighted by Gasteiger charge is 2.22. The lowest BCUT2D eigenvalue weighted by Gasteiger charge is -2.16. The summed E-state index contributed by atoms with van der Waals surface area (Å²) in [5.41, 5.74) is 3.39. The van der Waals surface area contributed by atoms with Crippen molar-refractivity contribution in [1.82, 2.24) is 19.7 Å². The number of carbonyl (C=O) groups is 1. The average molecular weight is 469 g/mol. The van der Waals surface area contributed by atoms with E-state index in [-0.39, 0.29) is 18.3 Å². The second kappa shape index (κ2) is 9.93. The van der Waals surface area contributed by atoms with Crippen molar-refractivity contribution in [3.05, 3.63) is 127 Å². The molecule has 1 aromatic heterocycles. The smallest absolute Gasteiger partial charge is 0.344 e. The van der Waals surface area contributed by atoms with E-state index in [1.165, 1.54) is 0 Å². The van der Waals surface area contributed by atoms with Crippen LogP contribution in [0.1, 0.15) is 51.3 Å². The molecule has 0 fully saturated rings. The van der Waals surface area contributed by atoms with Crippen molar-refractivity contribution in [2.45, 2.75) is 40.3 Å². The molecule has 0 spiro atoms. The van der Waals surface area contributed by atoms with E-state index in [2.05, 4.69) is 10.4 Å². The lowest BCUT2D eigenvalue weighted by Crippen LogP contribution is -2.46. The van der Waals surface area contributed by atoms with Gasteiger partial charge in [-0.2, -0.15) is 9.78 Å². The predicted octanol–water partition coefficient (Wildman–Crippen LogP) is 3.86. The molecule has 7 nitrogen and oxygen atoms in total. The van der Waals surface area contributed by atoms with Gasteiger partial charge in [0, 0.05) is 0 Å². The van der Waals surface area contributed by atoms with Crippen LogP contribution >= 0.6 is 0 Å². The van der Waals surface area contributed by atoms with Crippen molar-refractivity contribution < 1.29 is 4.79 Å². The van der Waals surface area contributed by atoms with Crippen LogP contribution in [0, 0.1) is 20.8 Å². The average Bonchev–Trinajstić information content (AvgIpc) is 2.81. The van der Waals surface area contributed by atoms with Crippen molar-refractivity contribution in [1.29, 1.82) is 0 Å². The lowest BCUT2D eigenvalue weighted by atomic mass is 10.1. The van der Waals surface area contributed by atoms with E-state index in [9.17, 15) is 14.4 Å². The van der Waals surface area contributed by atoms with E-state index in [0.717, 1.165) is 37.1 Å². The van der Waals surface area contributed by atoms with Crippen LogP contribution in [0.4, 0.5) is 0 Å². The molecule has 1 amide bonds. The Labute approximate surface area is 203 Å². The number of carbonyl (C=O) groups excluding carboxylic acids is 1. The summed E-state index contributed by atoms with van der Waals surface area (Å²) in [6, 6.07) is 22.2. The summed E-state index contributed by atoms with van der Waals surface area (Å²) in [6.45, 7) is 7.63. The van der Waals surface area contributed by atoms with Gasteiger partial charge >= 0.3 is 5.69 Å². The molecule has 7 heteroatoms. The first-order chi connectivity index (χ1) is 16.7. The van der Waals surface area contributed by atoms with Gasteiger partial charge in [0.25, 0.3) is 11.5 Å². The first-order valence-electron chi connectivity index (χ1n) is 11.5. The highest BCUT2D eigenvalue weighted by molar-refractivity contribution is 5.92. The zero-order valence-corrected chi connectivity index (χ0v) is 20.3. The van der Waals surface area contributed by atoms with E-state index in [1.54, 1.807) is 12.1 Å². The standard InChI is InChI=1S/C28H28N4O3/c1-18-9-8-10-22(14-18)17-31-27(34)25(26(33)29-21(4)23-11-6-5-7-12-23)30-32(28(31)35)24-15-19(2)13-20(3)16-24/h5-16,21H,17H2,1-4H3,(H,29,33). The number of hydrogen-bond acceptors (Lipinski definition) is 4. The molecule has 35 heavy (non-hydrogen) atoms. The quantitative estimate of drug-likeness (QED) is 0.466. The summed E-state index contributed by atoms with van der Waals surface area (Å²) >= 11 is 0. The monoisotopic (exact) mass is 468 g/mol. The molecule has 4 aromatic rings. The Bertz CT molecular complexity index is 1480. The third kappa shape index (κ3) is 5.30. The van der Waals surface area contributed by atoms with Crippen molar-refractivity contribution in [2.75, 3.05) is 0 Å². The molecule has 0 saturated carbocycles. The van der Waals surface area contributed by atoms with Crippen molar-refractivity contribution in [2.24, 2.45) is 0 Å². The molecule has 1 atom stereocenters. The van der Waals surface area contributed by atoms with Crippen LogP contribution in [0.15, 0.2) is 82.4 Å². The van der Waals surface area contributed by atoms with Gasteiger partial charge in [-0.05, 0) is 62.1 Å². The molecular formula is C28H28N4O3. The van der Waals surface area contributed by atoms with Gasteiger partial charge in [-0.3, -0.25) is 14.2 Å². The Kier molecular flexibility index (Phi) is 6.78. The Morgan fingerprint density at radius 1 is 0.886 bits per heavy atom. The van der Waals surface area contributed by atoms with Gasteiger partial charge in [-0.1, -0.05) is 66.2 Å². The summed E-state index contributed by atoms with van der Waals surface area (Å²) in [5, 5.41) is 7.09. The molecule has 0 saturated heterocycles. The largest absolute Gasteiger partial charge is 0.352 e. The minimum Gasteiger partial charge on any atom is -0.344 e. The molecule has 0 aliphatic heterocycles. The van der Waals surface area contributed by atoms with Gasteiger partial charge in [0.15, 0.2) is 0 Å². The number of amides is 1. The van der Waals surface area contributed by atoms with Gasteiger partial charge in [0.1, 0.15) is 0 Å². The first-order valence-corrected chi connectivity index (χ1v) is 11.5. The fourth-order valence-corrected chi connectivity index (χ4v) is 4.12.